The molecule has 3 aromatic carbocycles. The molecule has 0 atom stereocenters. The van der Waals surface area contributed by atoms with E-state index in [4.69, 9.17) is 0 Å². The summed E-state index contributed by atoms with van der Waals surface area (Å²) in [6, 6.07) is 21.5. The van der Waals surface area contributed by atoms with E-state index >= 15 is 0 Å². The van der Waals surface area contributed by atoms with Crippen molar-refractivity contribution < 1.29 is 0 Å². The Balaban J connectivity index is 2.23. The third kappa shape index (κ3) is 2.42. The zero-order valence-electron chi connectivity index (χ0n) is 12.0. The fourth-order valence-electron chi connectivity index (χ4n) is 2.90. The Hall–Kier alpha value is -1.91. The molecule has 1 aromatic heterocycles. The van der Waals surface area contributed by atoms with Gasteiger partial charge in [0.1, 0.15) is 0 Å². The van der Waals surface area contributed by atoms with Crippen molar-refractivity contribution in [3.05, 3.63) is 86.0 Å². The largest absolute Gasteiger partial charge is 0.276 e. The second kappa shape index (κ2) is 5.62. The highest BCUT2D eigenvalue weighted by Gasteiger charge is 2.12. The Morgan fingerprint density at radius 2 is 1.35 bits per heavy atom. The Morgan fingerprint density at radius 1 is 0.696 bits per heavy atom. The smallest absolute Gasteiger partial charge is 0.263 e. The molecule has 0 N–H and O–H groups in total. The number of aromatic nitrogens is 1. The standard InChI is InChI=1S/C19H11Br2NO/c20-12-5-8-14(9-6-12)22-18-10-7-13(21)11-17(18)15-3-1-2-4-16(15)19(22)23/h1-11H. The van der Waals surface area contributed by atoms with Crippen molar-refractivity contribution in [1.29, 1.82) is 0 Å². The van der Waals surface area contributed by atoms with Gasteiger partial charge in [-0.05, 0) is 53.9 Å². The van der Waals surface area contributed by atoms with Crippen molar-refractivity contribution >= 4 is 53.5 Å². The van der Waals surface area contributed by atoms with Gasteiger partial charge >= 0.3 is 0 Å². The van der Waals surface area contributed by atoms with Crippen molar-refractivity contribution in [2.45, 2.75) is 0 Å². The molecule has 23 heavy (non-hydrogen) atoms. The number of pyridine rings is 1. The summed E-state index contributed by atoms with van der Waals surface area (Å²) in [6.07, 6.45) is 0. The van der Waals surface area contributed by atoms with E-state index in [0.717, 1.165) is 36.3 Å². The Kier molecular flexibility index (Phi) is 3.58. The van der Waals surface area contributed by atoms with Gasteiger partial charge in [-0.2, -0.15) is 0 Å². The van der Waals surface area contributed by atoms with Gasteiger partial charge in [-0.15, -0.1) is 0 Å². The number of hydrogen-bond donors (Lipinski definition) is 0. The number of fused-ring (bicyclic) bond motifs is 3. The van der Waals surface area contributed by atoms with Crippen molar-refractivity contribution in [2.75, 3.05) is 0 Å². The summed E-state index contributed by atoms with van der Waals surface area (Å²) in [6.45, 7) is 0. The molecule has 0 fully saturated rings. The second-order valence-corrected chi connectivity index (χ2v) is 7.16. The number of hydrogen-bond acceptors (Lipinski definition) is 1. The molecule has 0 saturated carbocycles. The summed E-state index contributed by atoms with van der Waals surface area (Å²) in [5, 5.41) is 2.75. The maximum Gasteiger partial charge on any atom is 0.263 e. The highest BCUT2D eigenvalue weighted by atomic mass is 79.9. The molecule has 4 aromatic rings. The van der Waals surface area contributed by atoms with Gasteiger partial charge in [-0.3, -0.25) is 9.36 Å². The minimum Gasteiger partial charge on any atom is -0.276 e. The first-order valence-corrected chi connectivity index (χ1v) is 8.73. The fraction of sp³-hybridized carbons (Fsp3) is 0. The van der Waals surface area contributed by atoms with Crippen LogP contribution in [0.2, 0.25) is 0 Å². The molecule has 1 heterocycles. The van der Waals surface area contributed by atoms with E-state index < -0.39 is 0 Å². The fourth-order valence-corrected chi connectivity index (χ4v) is 3.53. The van der Waals surface area contributed by atoms with E-state index in [2.05, 4.69) is 37.9 Å². The molecule has 0 aliphatic heterocycles. The molecule has 0 saturated heterocycles. The monoisotopic (exact) mass is 427 g/mol. The third-order valence-electron chi connectivity index (χ3n) is 3.94. The molecule has 4 rings (SSSR count). The van der Waals surface area contributed by atoms with Gasteiger partial charge < -0.3 is 0 Å². The van der Waals surface area contributed by atoms with E-state index in [-0.39, 0.29) is 5.56 Å². The first-order chi connectivity index (χ1) is 11.1. The Labute approximate surface area is 149 Å². The zero-order chi connectivity index (χ0) is 16.0. The van der Waals surface area contributed by atoms with Crippen LogP contribution in [0.15, 0.2) is 80.5 Å². The average Bonchev–Trinajstić information content (AvgIpc) is 2.57. The molecule has 0 unspecified atom stereocenters. The molecule has 2 nitrogen and oxygen atoms in total. The Bertz CT molecular complexity index is 1100. The lowest BCUT2D eigenvalue weighted by molar-refractivity contribution is 1.06. The van der Waals surface area contributed by atoms with E-state index in [9.17, 15) is 4.79 Å². The van der Waals surface area contributed by atoms with Crippen molar-refractivity contribution in [3.8, 4) is 5.69 Å². The van der Waals surface area contributed by atoms with Gasteiger partial charge in [0.25, 0.3) is 5.56 Å². The van der Waals surface area contributed by atoms with Crippen LogP contribution in [0.1, 0.15) is 0 Å². The molecule has 0 radical (unpaired) electrons. The molecule has 112 valence electrons. The minimum atomic E-state index is -0.00209. The predicted octanol–water partition coefficient (Wildman–Crippen LogP) is 5.67. The van der Waals surface area contributed by atoms with E-state index in [1.165, 1.54) is 0 Å². The second-order valence-electron chi connectivity index (χ2n) is 5.32. The summed E-state index contributed by atoms with van der Waals surface area (Å²) >= 11 is 6.98. The van der Waals surface area contributed by atoms with Gasteiger partial charge in [0.2, 0.25) is 0 Å². The average molecular weight is 429 g/mol. The molecule has 0 amide bonds. The quantitative estimate of drug-likeness (QED) is 0.358. The molecule has 0 spiro atoms. The van der Waals surface area contributed by atoms with Crippen LogP contribution >= 0.6 is 31.9 Å². The number of benzene rings is 3. The highest BCUT2D eigenvalue weighted by molar-refractivity contribution is 9.10. The van der Waals surface area contributed by atoms with Gasteiger partial charge in [0.05, 0.1) is 5.52 Å². The molecular formula is C19H11Br2NO. The first kappa shape index (κ1) is 14.7. The third-order valence-corrected chi connectivity index (χ3v) is 4.96. The van der Waals surface area contributed by atoms with Crippen molar-refractivity contribution in [2.24, 2.45) is 0 Å². The van der Waals surface area contributed by atoms with Crippen LogP contribution in [-0.2, 0) is 0 Å². The summed E-state index contributed by atoms with van der Waals surface area (Å²) in [5.41, 5.74) is 1.76. The first-order valence-electron chi connectivity index (χ1n) is 7.14. The van der Waals surface area contributed by atoms with Gasteiger partial charge in [-0.1, -0.05) is 50.1 Å². The molecule has 0 aliphatic carbocycles. The maximum atomic E-state index is 13.1. The van der Waals surface area contributed by atoms with Gasteiger partial charge in [0, 0.05) is 25.4 Å². The van der Waals surface area contributed by atoms with Gasteiger partial charge in [0.15, 0.2) is 0 Å². The maximum absolute atomic E-state index is 13.1. The summed E-state index contributed by atoms with van der Waals surface area (Å²) in [5.74, 6) is 0. The summed E-state index contributed by atoms with van der Waals surface area (Å²) in [7, 11) is 0. The van der Waals surface area contributed by atoms with Crippen LogP contribution in [0, 0.1) is 0 Å². The molecular weight excluding hydrogens is 418 g/mol. The van der Waals surface area contributed by atoms with Crippen LogP contribution in [-0.4, -0.2) is 4.57 Å². The number of halogens is 2. The molecule has 0 aliphatic rings. The Morgan fingerprint density at radius 3 is 2.09 bits per heavy atom. The lowest BCUT2D eigenvalue weighted by Crippen LogP contribution is -2.19. The van der Waals surface area contributed by atoms with Crippen LogP contribution in [0.25, 0.3) is 27.4 Å². The van der Waals surface area contributed by atoms with Crippen molar-refractivity contribution in [3.63, 3.8) is 0 Å². The lowest BCUT2D eigenvalue weighted by atomic mass is 10.1. The minimum absolute atomic E-state index is 0.00209. The lowest BCUT2D eigenvalue weighted by Gasteiger charge is -2.13. The SMILES string of the molecule is O=c1c2ccccc2c2cc(Br)ccc2n1-c1ccc(Br)cc1. The predicted molar refractivity (Wildman–Crippen MR) is 102 cm³/mol. The zero-order valence-corrected chi connectivity index (χ0v) is 15.1. The van der Waals surface area contributed by atoms with Crippen LogP contribution < -0.4 is 5.56 Å². The summed E-state index contributed by atoms with van der Waals surface area (Å²) < 4.78 is 3.76. The van der Waals surface area contributed by atoms with E-state index in [1.807, 2.05) is 60.7 Å². The highest BCUT2D eigenvalue weighted by Crippen LogP contribution is 2.28. The van der Waals surface area contributed by atoms with Crippen LogP contribution in [0.4, 0.5) is 0 Å². The summed E-state index contributed by atoms with van der Waals surface area (Å²) in [4.78, 5) is 13.1. The van der Waals surface area contributed by atoms with Crippen LogP contribution in [0.5, 0.6) is 0 Å². The normalized spacial score (nSPS) is 11.2. The number of rotatable bonds is 1. The van der Waals surface area contributed by atoms with Gasteiger partial charge in [-0.25, -0.2) is 0 Å². The topological polar surface area (TPSA) is 22.0 Å². The van der Waals surface area contributed by atoms with Crippen molar-refractivity contribution in [1.82, 2.24) is 4.57 Å². The van der Waals surface area contributed by atoms with E-state index in [0.29, 0.717) is 0 Å². The van der Waals surface area contributed by atoms with E-state index in [1.54, 1.807) is 4.57 Å². The van der Waals surface area contributed by atoms with Crippen LogP contribution in [0.3, 0.4) is 0 Å². The molecule has 0 bridgehead atoms. The number of nitrogens with zero attached hydrogens (tertiary/aromatic N) is 1. The molecule has 4 heteroatoms.